The molecule has 16 heavy (non-hydrogen) atoms. The number of carbonyl (C=O) groups is 1. The first-order valence-corrected chi connectivity index (χ1v) is 5.86. The van der Waals surface area contributed by atoms with E-state index in [2.05, 4.69) is 26.2 Å². The van der Waals surface area contributed by atoms with Crippen LogP contribution in [0.15, 0.2) is 16.7 Å². The molecule has 0 radical (unpaired) electrons. The molecule has 0 spiro atoms. The number of anilines is 1. The van der Waals surface area contributed by atoms with Crippen molar-refractivity contribution in [3.8, 4) is 0 Å². The van der Waals surface area contributed by atoms with Gasteiger partial charge in [0.1, 0.15) is 10.2 Å². The Morgan fingerprint density at radius 3 is 2.75 bits per heavy atom. The highest BCUT2D eigenvalue weighted by atomic mass is 79.9. The van der Waals surface area contributed by atoms with Crippen molar-refractivity contribution < 1.29 is 9.53 Å². The van der Waals surface area contributed by atoms with Crippen molar-refractivity contribution in [2.24, 2.45) is 0 Å². The van der Waals surface area contributed by atoms with Crippen LogP contribution in [-0.2, 0) is 4.74 Å². The Labute approximate surface area is 108 Å². The molecule has 1 heterocycles. The van der Waals surface area contributed by atoms with Crippen molar-refractivity contribution in [2.45, 2.75) is 26.4 Å². The highest BCUT2D eigenvalue weighted by molar-refractivity contribution is 9.10. The molecule has 2 N–H and O–H groups in total. The van der Waals surface area contributed by atoms with Crippen molar-refractivity contribution in [2.75, 3.05) is 5.32 Å². The molecule has 1 amide bonds. The van der Waals surface area contributed by atoms with E-state index < -0.39 is 11.7 Å². The van der Waals surface area contributed by atoms with Crippen LogP contribution in [0.5, 0.6) is 0 Å². The molecule has 88 valence electrons. The number of hydrogen-bond acceptors (Lipinski definition) is 3. The molecule has 4 nitrogen and oxygen atoms in total. The molecule has 0 bridgehead atoms. The number of rotatable bonds is 1. The Balaban J connectivity index is 2.77. The van der Waals surface area contributed by atoms with Gasteiger partial charge in [-0.25, -0.2) is 4.79 Å². The van der Waals surface area contributed by atoms with Crippen LogP contribution < -0.4 is 5.32 Å². The first-order valence-electron chi connectivity index (χ1n) is 4.66. The zero-order chi connectivity index (χ0) is 12.3. The van der Waals surface area contributed by atoms with Crippen LogP contribution in [0.4, 0.5) is 10.5 Å². The average Bonchev–Trinajstić information content (AvgIpc) is 2.08. The van der Waals surface area contributed by atoms with Gasteiger partial charge in [0, 0.05) is 10.7 Å². The lowest BCUT2D eigenvalue weighted by Crippen LogP contribution is -2.27. The SMILES string of the molecule is CC(C)(C)OC(=O)Nc1cc(Br)c[nH]c1=S. The van der Waals surface area contributed by atoms with Gasteiger partial charge in [0.05, 0.1) is 5.69 Å². The van der Waals surface area contributed by atoms with Crippen LogP contribution in [-0.4, -0.2) is 16.7 Å². The molecule has 0 aliphatic heterocycles. The smallest absolute Gasteiger partial charge is 0.412 e. The van der Waals surface area contributed by atoms with Gasteiger partial charge in [0.25, 0.3) is 0 Å². The highest BCUT2D eigenvalue weighted by Crippen LogP contribution is 2.17. The third kappa shape index (κ3) is 4.32. The van der Waals surface area contributed by atoms with Gasteiger partial charge in [0.15, 0.2) is 0 Å². The normalized spacial score (nSPS) is 11.0. The second-order valence-electron chi connectivity index (χ2n) is 4.19. The van der Waals surface area contributed by atoms with Crippen LogP contribution >= 0.6 is 28.1 Å². The molecule has 0 atom stereocenters. The van der Waals surface area contributed by atoms with Gasteiger partial charge in [-0.1, -0.05) is 12.2 Å². The summed E-state index contributed by atoms with van der Waals surface area (Å²) in [5.41, 5.74) is -0.0137. The van der Waals surface area contributed by atoms with Crippen LogP contribution in [0.2, 0.25) is 0 Å². The van der Waals surface area contributed by atoms with Gasteiger partial charge >= 0.3 is 6.09 Å². The molecule has 0 unspecified atom stereocenters. The maximum absolute atomic E-state index is 11.5. The predicted molar refractivity (Wildman–Crippen MR) is 69.2 cm³/mol. The van der Waals surface area contributed by atoms with Crippen LogP contribution in [0.1, 0.15) is 20.8 Å². The standard InChI is InChI=1S/C10H13BrN2O2S/c1-10(2,3)15-9(14)13-7-4-6(11)5-12-8(7)16/h4-5H,1-3H3,(H,12,16)(H,13,14). The summed E-state index contributed by atoms with van der Waals surface area (Å²) < 4.78 is 6.36. The molecule has 0 aliphatic rings. The number of halogens is 1. The lowest BCUT2D eigenvalue weighted by atomic mass is 10.2. The molecular weight excluding hydrogens is 292 g/mol. The molecule has 0 aliphatic carbocycles. The third-order valence-electron chi connectivity index (χ3n) is 1.50. The van der Waals surface area contributed by atoms with Crippen molar-refractivity contribution in [3.63, 3.8) is 0 Å². The van der Waals surface area contributed by atoms with Crippen LogP contribution in [0.25, 0.3) is 0 Å². The second kappa shape index (κ2) is 4.97. The number of aromatic nitrogens is 1. The quantitative estimate of drug-likeness (QED) is 0.775. The number of pyridine rings is 1. The van der Waals surface area contributed by atoms with E-state index in [-0.39, 0.29) is 0 Å². The lowest BCUT2D eigenvalue weighted by molar-refractivity contribution is 0.0636. The maximum Gasteiger partial charge on any atom is 0.412 e. The predicted octanol–water partition coefficient (Wildman–Crippen LogP) is 3.85. The minimum atomic E-state index is -0.526. The Morgan fingerprint density at radius 2 is 2.19 bits per heavy atom. The summed E-state index contributed by atoms with van der Waals surface area (Å²) >= 11 is 8.30. The molecule has 6 heteroatoms. The van der Waals surface area contributed by atoms with Crippen LogP contribution in [0.3, 0.4) is 0 Å². The molecule has 0 saturated carbocycles. The zero-order valence-electron chi connectivity index (χ0n) is 9.26. The number of H-pyrrole nitrogens is 1. The zero-order valence-corrected chi connectivity index (χ0v) is 11.7. The maximum atomic E-state index is 11.5. The first-order chi connectivity index (χ1) is 7.28. The van der Waals surface area contributed by atoms with E-state index in [1.165, 1.54) is 0 Å². The molecule has 1 aromatic rings. The fourth-order valence-corrected chi connectivity index (χ4v) is 1.48. The number of carbonyl (C=O) groups excluding carboxylic acids is 1. The Hall–Kier alpha value is -0.880. The number of aromatic amines is 1. The van der Waals surface area contributed by atoms with Crippen molar-refractivity contribution in [3.05, 3.63) is 21.4 Å². The Bertz CT molecular complexity index is 451. The van der Waals surface area contributed by atoms with E-state index in [4.69, 9.17) is 17.0 Å². The van der Waals surface area contributed by atoms with Gasteiger partial charge in [-0.15, -0.1) is 0 Å². The van der Waals surface area contributed by atoms with Crippen molar-refractivity contribution >= 4 is 39.9 Å². The van der Waals surface area contributed by atoms with E-state index in [1.54, 1.807) is 33.0 Å². The third-order valence-corrected chi connectivity index (χ3v) is 2.30. The van der Waals surface area contributed by atoms with Gasteiger partial charge in [0.2, 0.25) is 0 Å². The summed E-state index contributed by atoms with van der Waals surface area (Å²) in [5.74, 6) is 0. The molecule has 0 fully saturated rings. The summed E-state index contributed by atoms with van der Waals surface area (Å²) in [6.07, 6.45) is 1.17. The Kier molecular flexibility index (Phi) is 4.09. The largest absolute Gasteiger partial charge is 0.444 e. The van der Waals surface area contributed by atoms with E-state index in [0.29, 0.717) is 10.3 Å². The molecule has 1 aromatic heterocycles. The van der Waals surface area contributed by atoms with E-state index in [0.717, 1.165) is 4.47 Å². The average molecular weight is 305 g/mol. The topological polar surface area (TPSA) is 54.1 Å². The van der Waals surface area contributed by atoms with E-state index >= 15 is 0 Å². The summed E-state index contributed by atoms with van der Waals surface area (Å²) in [6.45, 7) is 5.40. The second-order valence-corrected chi connectivity index (χ2v) is 5.51. The van der Waals surface area contributed by atoms with Crippen LogP contribution in [0, 0.1) is 4.64 Å². The fraction of sp³-hybridized carbons (Fsp3) is 0.400. The van der Waals surface area contributed by atoms with Gasteiger partial charge < -0.3 is 9.72 Å². The summed E-state index contributed by atoms with van der Waals surface area (Å²) in [6, 6.07) is 1.71. The Morgan fingerprint density at radius 1 is 1.56 bits per heavy atom. The highest BCUT2D eigenvalue weighted by Gasteiger charge is 2.16. The van der Waals surface area contributed by atoms with Gasteiger partial charge in [-0.2, -0.15) is 0 Å². The first kappa shape index (κ1) is 13.2. The van der Waals surface area contributed by atoms with Gasteiger partial charge in [-0.3, -0.25) is 5.32 Å². The van der Waals surface area contributed by atoms with Crippen molar-refractivity contribution in [1.29, 1.82) is 0 Å². The summed E-state index contributed by atoms with van der Waals surface area (Å²) in [7, 11) is 0. The molecule has 0 aromatic carbocycles. The fourth-order valence-electron chi connectivity index (χ4n) is 0.964. The van der Waals surface area contributed by atoms with Crippen molar-refractivity contribution in [1.82, 2.24) is 4.98 Å². The minimum absolute atomic E-state index is 0.453. The van der Waals surface area contributed by atoms with E-state index in [9.17, 15) is 4.79 Å². The molecule has 0 saturated heterocycles. The molecule has 1 rings (SSSR count). The van der Waals surface area contributed by atoms with Gasteiger partial charge in [-0.05, 0) is 42.8 Å². The number of amides is 1. The lowest BCUT2D eigenvalue weighted by Gasteiger charge is -2.19. The summed E-state index contributed by atoms with van der Waals surface area (Å²) in [5, 5.41) is 2.58. The summed E-state index contributed by atoms with van der Waals surface area (Å²) in [4.78, 5) is 14.3. The molecular formula is C10H13BrN2O2S. The number of nitrogens with one attached hydrogen (secondary N) is 2. The van der Waals surface area contributed by atoms with E-state index in [1.807, 2.05) is 0 Å². The monoisotopic (exact) mass is 304 g/mol. The number of hydrogen-bond donors (Lipinski definition) is 2. The minimum Gasteiger partial charge on any atom is -0.444 e. The number of ether oxygens (including phenoxy) is 1.